The topological polar surface area (TPSA) is 342 Å². The van der Waals surface area contributed by atoms with Crippen LogP contribution in [0.1, 0.15) is 113 Å². The number of nitrogens with two attached hydrogens (primary N) is 2. The molecule has 10 rings (SSSR count). The first-order chi connectivity index (χ1) is 39.8. The van der Waals surface area contributed by atoms with E-state index in [0.717, 1.165) is 32.1 Å². The summed E-state index contributed by atoms with van der Waals surface area (Å²) < 4.78 is 47.1. The first kappa shape index (κ1) is 60.6. The molecule has 25 heteroatoms. The minimum Gasteiger partial charge on any atom is -0.507 e. The molecule has 5 bridgehead atoms. The van der Waals surface area contributed by atoms with Crippen LogP contribution in [0.15, 0.2) is 64.6 Å². The lowest BCUT2D eigenvalue weighted by Gasteiger charge is -2.41. The number of carboxylic acid groups (broad SMARTS) is 1. The molecule has 2 amide bonds. The minimum absolute atomic E-state index is 0.00175. The molecular weight excluding hydrogens is 1100 g/mol. The fourth-order valence-corrected chi connectivity index (χ4v) is 12.0. The van der Waals surface area contributed by atoms with Crippen LogP contribution in [0, 0.1) is 30.5 Å². The number of carbonyl (C=O) groups is 7. The number of piperidine rings is 1. The number of hydrogen-bond donors (Lipinski definition) is 7. The second-order valence-electron chi connectivity index (χ2n) is 22.5. The number of aromatic nitrogens is 1. The number of phenolic OH excluding ortho intramolecular Hbond substituents is 1. The van der Waals surface area contributed by atoms with Crippen molar-refractivity contribution in [2.24, 2.45) is 29.2 Å². The molecule has 1 saturated carbocycles. The minimum atomic E-state index is -2.23. The highest BCUT2D eigenvalue weighted by atomic mass is 19.1. The number of ether oxygens (including phenoxy) is 5. The predicted molar refractivity (Wildman–Crippen MR) is 299 cm³/mol. The van der Waals surface area contributed by atoms with E-state index in [1.807, 2.05) is 0 Å². The highest BCUT2D eigenvalue weighted by molar-refractivity contribution is 6.32. The lowest BCUT2D eigenvalue weighted by Crippen LogP contribution is -2.60. The van der Waals surface area contributed by atoms with Crippen molar-refractivity contribution in [3.8, 4) is 17.2 Å². The molecule has 2 saturated heterocycles. The molecule has 0 unspecified atom stereocenters. The van der Waals surface area contributed by atoms with Crippen LogP contribution < -0.4 is 36.6 Å². The summed E-state index contributed by atoms with van der Waals surface area (Å²) in [5.74, 6) is -12.2. The summed E-state index contributed by atoms with van der Waals surface area (Å²) >= 11 is 0. The average molecular weight is 1170 g/mol. The zero-order valence-corrected chi connectivity index (χ0v) is 47.8. The number of esters is 1. The Balaban J connectivity index is 1.01. The molecule has 2 aliphatic carbocycles. The van der Waals surface area contributed by atoms with Gasteiger partial charge in [-0.05, 0) is 51.7 Å². The van der Waals surface area contributed by atoms with Gasteiger partial charge in [0.1, 0.15) is 40.2 Å². The van der Waals surface area contributed by atoms with E-state index >= 15 is 14.0 Å². The number of fused-ring (bicyclic) bond motifs is 15. The number of aliphatic hydroxyl groups excluding tert-OH is 2. The van der Waals surface area contributed by atoms with E-state index in [9.17, 15) is 49.2 Å². The summed E-state index contributed by atoms with van der Waals surface area (Å²) in [6, 6.07) is -1.83. The van der Waals surface area contributed by atoms with Crippen LogP contribution in [-0.2, 0) is 28.6 Å². The fraction of sp³-hybridized carbons (Fsp3) is 0.492. The average Bonchev–Trinajstić information content (AvgIpc) is 1.51. The second kappa shape index (κ2) is 23.6. The molecule has 9 N–H and O–H groups in total. The molecule has 84 heavy (non-hydrogen) atoms. The number of phenols is 1. The summed E-state index contributed by atoms with van der Waals surface area (Å²) in [6.07, 6.45) is 4.45. The van der Waals surface area contributed by atoms with E-state index in [1.54, 1.807) is 33.1 Å². The molecule has 6 heterocycles. The number of ketones is 3. The summed E-state index contributed by atoms with van der Waals surface area (Å²) in [5, 5.41) is 46.8. The predicted octanol–water partition coefficient (Wildman–Crippen LogP) is 2.90. The van der Waals surface area contributed by atoms with E-state index in [4.69, 9.17) is 35.2 Å². The number of pyridine rings is 1. The first-order valence-electron chi connectivity index (χ1n) is 27.8. The molecule has 7 aliphatic rings. The van der Waals surface area contributed by atoms with Gasteiger partial charge in [0.15, 0.2) is 11.6 Å². The Hall–Kier alpha value is -7.97. The quantitative estimate of drug-likeness (QED) is 0.159. The SMILES string of the molecule is COc1c(N2CCN(C(=O)C3CCN(C4=C5NC(=O)/C(C)=C\C=C\[C@H](C)[C@H](O)[C@@H](N)[C@@H](O)[C@@H](N)[C@H](OC(C)=O)[C@H](C)[C@@H](OC)/C=C/O[C@@]6(C)Oc7c(C)c(O)c(c(c7C6=O)C4=O)C5=O)CC3)CC2)c(F)cc2c(=O)c(C(=O)O)cn(C3CC3)c12. The monoisotopic (exact) mass is 1170 g/mol. The van der Waals surface area contributed by atoms with E-state index in [-0.39, 0.29) is 115 Å². The number of likely N-dealkylation sites (tertiary alicyclic amines) is 1. The molecule has 1 aromatic heterocycles. The number of aromatic carboxylic acids is 1. The second-order valence-corrected chi connectivity index (χ2v) is 22.5. The largest absolute Gasteiger partial charge is 0.507 e. The Morgan fingerprint density at radius 2 is 1.54 bits per heavy atom. The number of nitrogens with zero attached hydrogens (tertiary/aromatic N) is 4. The lowest BCUT2D eigenvalue weighted by atomic mass is 9.81. The van der Waals surface area contributed by atoms with Crippen molar-refractivity contribution < 1.29 is 82.1 Å². The number of carbonyl (C=O) groups excluding carboxylic acids is 6. The van der Waals surface area contributed by atoms with Crippen molar-refractivity contribution in [1.29, 1.82) is 0 Å². The van der Waals surface area contributed by atoms with Gasteiger partial charge >= 0.3 is 17.7 Å². The van der Waals surface area contributed by atoms with Crippen LogP contribution >= 0.6 is 0 Å². The van der Waals surface area contributed by atoms with Crippen LogP contribution in [0.5, 0.6) is 17.2 Å². The van der Waals surface area contributed by atoms with Gasteiger partial charge in [0.2, 0.25) is 22.9 Å². The Labute approximate surface area is 482 Å². The Kier molecular flexibility index (Phi) is 17.0. The number of amides is 2. The van der Waals surface area contributed by atoms with Gasteiger partial charge in [0.05, 0.1) is 71.4 Å². The van der Waals surface area contributed by atoms with E-state index < -0.39 is 135 Å². The van der Waals surface area contributed by atoms with Gasteiger partial charge in [0.25, 0.3) is 11.7 Å². The van der Waals surface area contributed by atoms with Crippen LogP contribution in [0.3, 0.4) is 0 Å². The zero-order valence-electron chi connectivity index (χ0n) is 47.8. The maximum absolute atomic E-state index is 16.2. The number of methoxy groups -OCH3 is 2. The highest BCUT2D eigenvalue weighted by Gasteiger charge is 2.54. The molecule has 5 aliphatic heterocycles. The number of carboxylic acids is 1. The summed E-state index contributed by atoms with van der Waals surface area (Å²) in [4.78, 5) is 116. The molecule has 0 radical (unpaired) electrons. The maximum Gasteiger partial charge on any atom is 0.341 e. The van der Waals surface area contributed by atoms with Gasteiger partial charge in [-0.2, -0.15) is 0 Å². The lowest BCUT2D eigenvalue weighted by molar-refractivity contribution is -0.155. The summed E-state index contributed by atoms with van der Waals surface area (Å²) in [7, 11) is 2.68. The van der Waals surface area contributed by atoms with Gasteiger partial charge in [-0.15, -0.1) is 0 Å². The number of anilines is 1. The Bertz CT molecular complexity index is 3440. The number of benzene rings is 2. The van der Waals surface area contributed by atoms with Crippen molar-refractivity contribution in [2.75, 3.05) is 58.4 Å². The van der Waals surface area contributed by atoms with Crippen LogP contribution in [0.4, 0.5) is 10.1 Å². The number of nitrogens with one attached hydrogen (secondary N) is 1. The van der Waals surface area contributed by atoms with Gasteiger partial charge in [-0.25, -0.2) is 9.18 Å². The zero-order chi connectivity index (χ0) is 61.1. The molecular formula is C59H70FN7O17. The van der Waals surface area contributed by atoms with E-state index in [1.165, 1.54) is 65.5 Å². The van der Waals surface area contributed by atoms with Crippen molar-refractivity contribution in [3.05, 3.63) is 104 Å². The van der Waals surface area contributed by atoms with Gasteiger partial charge in [-0.3, -0.25) is 33.6 Å². The van der Waals surface area contributed by atoms with Crippen LogP contribution in [-0.4, -0.2) is 172 Å². The number of aliphatic hydroxyl groups is 2. The number of halogens is 1. The molecule has 24 nitrogen and oxygen atoms in total. The van der Waals surface area contributed by atoms with Crippen molar-refractivity contribution in [2.45, 2.75) is 116 Å². The number of rotatable bonds is 8. The van der Waals surface area contributed by atoms with Crippen molar-refractivity contribution in [3.63, 3.8) is 0 Å². The number of hydrogen-bond acceptors (Lipinski definition) is 20. The van der Waals surface area contributed by atoms with E-state index in [0.29, 0.717) is 0 Å². The molecule has 450 valence electrons. The Morgan fingerprint density at radius 1 is 0.869 bits per heavy atom. The Morgan fingerprint density at radius 3 is 2.14 bits per heavy atom. The fourth-order valence-electron chi connectivity index (χ4n) is 12.0. The maximum atomic E-state index is 16.2. The van der Waals surface area contributed by atoms with Crippen LogP contribution in [0.2, 0.25) is 0 Å². The number of piperazine rings is 1. The number of allylic oxidation sites excluding steroid dienone is 4. The third kappa shape index (κ3) is 10.8. The number of Topliss-reactive ketones (excluding diaryl/α,β-unsaturated/α-hetero) is 3. The normalized spacial score (nSPS) is 28.8. The molecule has 9 atom stereocenters. The molecule has 3 aromatic rings. The van der Waals surface area contributed by atoms with Crippen molar-refractivity contribution >= 4 is 57.7 Å². The van der Waals surface area contributed by atoms with E-state index in [2.05, 4.69) is 5.32 Å². The van der Waals surface area contributed by atoms with Crippen molar-refractivity contribution in [1.82, 2.24) is 19.7 Å². The van der Waals surface area contributed by atoms with Gasteiger partial charge < -0.3 is 80.2 Å². The molecule has 3 fully saturated rings. The standard InChI is InChI=1S/C59H70FN7O17/c1-26-10-9-11-27(2)56(76)63-42-45(64-17-14-31(15-18-64)57(77)66-21-19-65(20-22-66)44-35(60)24-33-43(54(44)81-8)67(32-12-13-32)25-34(48(33)71)58(78)79)50(73)37-38(49(42)72)47(70)29(4)52-39(37)55(75)59(6,84-52)82-23-16-36(80-7)28(3)53(83-30(5)68)41(62)51(74)40(61)46(26)69/h9-11,16,23-26,28,31-32,36,40-41,46,51,53,69-70,74H,12-15,17-22,61-62H2,1-8H3,(H,63,76)(H,78,79)/b10-9+,23-16+,27-11-/t26-,28+,36-,40+,41+,46-,51+,53+,59-/m0/s1. The van der Waals surface area contributed by atoms with Gasteiger partial charge in [0, 0.05) is 101 Å². The third-order valence-electron chi connectivity index (χ3n) is 17.0. The number of aromatic hydroxyl groups is 1. The summed E-state index contributed by atoms with van der Waals surface area (Å²) in [5.41, 5.74) is 9.58. The smallest absolute Gasteiger partial charge is 0.341 e. The van der Waals surface area contributed by atoms with Gasteiger partial charge in [-0.1, -0.05) is 32.1 Å². The van der Waals surface area contributed by atoms with Crippen LogP contribution in [0.25, 0.3) is 10.9 Å². The molecule has 2 aromatic carbocycles. The molecule has 0 spiro atoms. The summed E-state index contributed by atoms with van der Waals surface area (Å²) in [6.45, 7) is 9.04. The highest BCUT2D eigenvalue weighted by Crippen LogP contribution is 2.50. The third-order valence-corrected chi connectivity index (χ3v) is 17.0. The first-order valence-corrected chi connectivity index (χ1v) is 27.8.